The van der Waals surface area contributed by atoms with Crippen molar-refractivity contribution in [1.82, 2.24) is 8.94 Å². The van der Waals surface area contributed by atoms with E-state index in [1.807, 2.05) is 4.57 Å². The number of anilines is 1. The molecule has 0 amide bonds. The minimum Gasteiger partial charge on any atom is -0.492 e. The molecule has 126 valence electrons. The van der Waals surface area contributed by atoms with Crippen molar-refractivity contribution < 1.29 is 9.13 Å². The lowest BCUT2D eigenvalue weighted by Crippen LogP contribution is -2.18. The van der Waals surface area contributed by atoms with E-state index in [2.05, 4.69) is 4.37 Å². The smallest absolute Gasteiger partial charge is 0.271 e. The van der Waals surface area contributed by atoms with Gasteiger partial charge in [-0.2, -0.15) is 0 Å². The highest BCUT2D eigenvalue weighted by Gasteiger charge is 2.31. The van der Waals surface area contributed by atoms with E-state index in [1.165, 1.54) is 13.2 Å². The third-order valence-electron chi connectivity index (χ3n) is 4.36. The van der Waals surface area contributed by atoms with Gasteiger partial charge in [-0.3, -0.25) is 14.0 Å². The molecule has 0 spiro atoms. The Morgan fingerprint density at radius 3 is 2.67 bits per heavy atom. The summed E-state index contributed by atoms with van der Waals surface area (Å²) >= 11 is 1.14. The van der Waals surface area contributed by atoms with Gasteiger partial charge in [0.25, 0.3) is 5.56 Å². The predicted molar refractivity (Wildman–Crippen MR) is 93.3 cm³/mol. The molecule has 6 nitrogen and oxygen atoms in total. The van der Waals surface area contributed by atoms with Crippen LogP contribution >= 0.6 is 11.5 Å². The fourth-order valence-electron chi connectivity index (χ4n) is 3.21. The molecule has 1 N–H and O–H groups in total. The molecule has 1 aliphatic rings. The van der Waals surface area contributed by atoms with Crippen LogP contribution in [0.5, 0.6) is 5.75 Å². The number of benzene rings is 1. The number of halogens is 1. The minimum absolute atomic E-state index is 0.0958. The number of nitrogens with zero attached hydrogens (tertiary/aromatic N) is 2. The van der Waals surface area contributed by atoms with E-state index in [9.17, 15) is 14.0 Å². The molecule has 1 fully saturated rings. The highest BCUT2D eigenvalue weighted by atomic mass is 32.1. The summed E-state index contributed by atoms with van der Waals surface area (Å²) < 4.78 is 24.7. The van der Waals surface area contributed by atoms with Crippen LogP contribution < -0.4 is 20.6 Å². The number of aromatic nitrogens is 2. The Balaban J connectivity index is 2.33. The third-order valence-corrected chi connectivity index (χ3v) is 5.24. The quantitative estimate of drug-likeness (QED) is 0.789. The second-order valence-corrected chi connectivity index (χ2v) is 6.97. The van der Waals surface area contributed by atoms with E-state index >= 15 is 0 Å². The molecule has 2 aromatic heterocycles. The van der Waals surface area contributed by atoms with Gasteiger partial charge in [0.1, 0.15) is 15.9 Å². The monoisotopic (exact) mass is 349 g/mol. The summed E-state index contributed by atoms with van der Waals surface area (Å²) in [6.45, 7) is 0. The number of nitrogens with one attached hydrogen (secondary N) is 1. The van der Waals surface area contributed by atoms with E-state index in [0.717, 1.165) is 24.4 Å². The van der Waals surface area contributed by atoms with Crippen molar-refractivity contribution in [2.45, 2.75) is 18.9 Å². The van der Waals surface area contributed by atoms with Gasteiger partial charge in [-0.15, -0.1) is 0 Å². The highest BCUT2D eigenvalue weighted by Crippen LogP contribution is 2.45. The molecule has 1 aliphatic carbocycles. The summed E-state index contributed by atoms with van der Waals surface area (Å²) in [5, 5.41) is 0.275. The molecule has 0 radical (unpaired) electrons. The summed E-state index contributed by atoms with van der Waals surface area (Å²) in [4.78, 5) is 27.1. The van der Waals surface area contributed by atoms with Gasteiger partial charge in [0.15, 0.2) is 11.6 Å². The van der Waals surface area contributed by atoms with Crippen molar-refractivity contribution in [3.63, 3.8) is 0 Å². The van der Waals surface area contributed by atoms with Crippen LogP contribution in [-0.2, 0) is 0 Å². The fraction of sp³-hybridized carbons (Fsp3) is 0.375. The second kappa shape index (κ2) is 5.07. The topological polar surface area (TPSA) is 67.3 Å². The lowest BCUT2D eigenvalue weighted by molar-refractivity contribution is 0.414. The lowest BCUT2D eigenvalue weighted by atomic mass is 10.1. The van der Waals surface area contributed by atoms with Crippen molar-refractivity contribution in [3.8, 4) is 5.75 Å². The second-order valence-electron chi connectivity index (χ2n) is 6.17. The van der Waals surface area contributed by atoms with Crippen molar-refractivity contribution in [2.75, 3.05) is 26.1 Å². The zero-order valence-electron chi connectivity index (χ0n) is 13.5. The predicted octanol–water partition coefficient (Wildman–Crippen LogP) is 2.45. The van der Waals surface area contributed by atoms with Crippen molar-refractivity contribution in [2.24, 2.45) is 0 Å². The van der Waals surface area contributed by atoms with E-state index in [4.69, 9.17) is 4.74 Å². The average Bonchev–Trinajstić information content (AvgIpc) is 3.29. The molecule has 0 unspecified atom stereocenters. The zero-order valence-corrected chi connectivity index (χ0v) is 14.3. The van der Waals surface area contributed by atoms with Crippen molar-refractivity contribution >= 4 is 38.3 Å². The van der Waals surface area contributed by atoms with Crippen molar-refractivity contribution in [3.05, 3.63) is 32.5 Å². The number of hydrogen-bond donors (Lipinski definition) is 1. The molecule has 0 bridgehead atoms. The van der Waals surface area contributed by atoms with Crippen LogP contribution in [0.25, 0.3) is 21.1 Å². The molecule has 0 atom stereocenters. The van der Waals surface area contributed by atoms with Crippen molar-refractivity contribution in [1.29, 1.82) is 0 Å². The van der Waals surface area contributed by atoms with Crippen LogP contribution in [0.15, 0.2) is 15.7 Å². The number of fused-ring (bicyclic) bond motifs is 2. The maximum absolute atomic E-state index is 14.6. The van der Waals surface area contributed by atoms with Crippen LogP contribution in [0.1, 0.15) is 18.9 Å². The fourth-order valence-corrected chi connectivity index (χ4v) is 4.13. The Kier molecular flexibility index (Phi) is 3.21. The maximum Gasteiger partial charge on any atom is 0.271 e. The number of H-pyrrole nitrogens is 1. The summed E-state index contributed by atoms with van der Waals surface area (Å²) in [5.74, 6) is -0.225. The average molecular weight is 349 g/mol. The largest absolute Gasteiger partial charge is 0.492 e. The highest BCUT2D eigenvalue weighted by molar-refractivity contribution is 7.12. The van der Waals surface area contributed by atoms with Crippen LogP contribution in [0, 0.1) is 5.82 Å². The van der Waals surface area contributed by atoms with Crippen LogP contribution in [0.3, 0.4) is 0 Å². The molecule has 0 aliphatic heterocycles. The van der Waals surface area contributed by atoms with Gasteiger partial charge in [0.05, 0.1) is 18.0 Å². The molecule has 2 heterocycles. The summed E-state index contributed by atoms with van der Waals surface area (Å²) in [5.41, 5.74) is -0.0341. The molecule has 0 saturated heterocycles. The van der Waals surface area contributed by atoms with Gasteiger partial charge in [0, 0.05) is 20.1 Å². The number of hydrogen-bond acceptors (Lipinski definition) is 5. The first kappa shape index (κ1) is 15.2. The Bertz CT molecular complexity index is 1090. The summed E-state index contributed by atoms with van der Waals surface area (Å²) in [6.07, 6.45) is 1.91. The zero-order chi connectivity index (χ0) is 17.2. The summed E-state index contributed by atoms with van der Waals surface area (Å²) in [6, 6.07) is 1.40. The van der Waals surface area contributed by atoms with Crippen LogP contribution in [0.2, 0.25) is 0 Å². The SMILES string of the molecule is COc1c(N(C)C)c(F)cc2c(=O)c3c(=O)[nH]sc3n(C3CC3)c12. The van der Waals surface area contributed by atoms with E-state index in [1.54, 1.807) is 19.0 Å². The molecule has 1 saturated carbocycles. The molecule has 3 aromatic rings. The molecule has 1 aromatic carbocycles. The Morgan fingerprint density at radius 2 is 2.08 bits per heavy atom. The van der Waals surface area contributed by atoms with E-state index in [0.29, 0.717) is 21.8 Å². The maximum atomic E-state index is 14.6. The number of ether oxygens (including phenoxy) is 1. The van der Waals surface area contributed by atoms with E-state index in [-0.39, 0.29) is 16.8 Å². The van der Waals surface area contributed by atoms with Gasteiger partial charge in [-0.25, -0.2) is 4.39 Å². The standard InChI is InChI=1S/C16H16FN3O3S/c1-19(2)12-9(17)6-8-11(14(12)23-3)20(7-4-5-7)16-10(13(8)21)15(22)18-24-16/h6-7H,4-5H2,1-3H3,(H,18,22). The van der Waals surface area contributed by atoms with E-state index < -0.39 is 16.8 Å². The van der Waals surface area contributed by atoms with Gasteiger partial charge < -0.3 is 14.2 Å². The molecular weight excluding hydrogens is 333 g/mol. The molecule has 24 heavy (non-hydrogen) atoms. The first-order valence-electron chi connectivity index (χ1n) is 7.59. The van der Waals surface area contributed by atoms with Crippen LogP contribution in [0.4, 0.5) is 10.1 Å². The molecular formula is C16H16FN3O3S. The van der Waals surface area contributed by atoms with Gasteiger partial charge in [0.2, 0.25) is 5.43 Å². The lowest BCUT2D eigenvalue weighted by Gasteiger charge is -2.21. The third kappa shape index (κ3) is 1.92. The molecule has 8 heteroatoms. The normalized spacial score (nSPS) is 14.5. The number of aromatic amines is 1. The summed E-state index contributed by atoms with van der Waals surface area (Å²) in [7, 11) is 4.91. The Hall–Kier alpha value is -2.35. The number of rotatable bonds is 3. The van der Waals surface area contributed by atoms with Crippen LogP contribution in [-0.4, -0.2) is 30.1 Å². The van der Waals surface area contributed by atoms with Gasteiger partial charge >= 0.3 is 0 Å². The minimum atomic E-state index is -0.546. The first-order chi connectivity index (χ1) is 11.5. The first-order valence-corrected chi connectivity index (χ1v) is 8.40. The number of pyridine rings is 1. The Morgan fingerprint density at radius 1 is 1.38 bits per heavy atom. The Labute approximate surface area is 140 Å². The van der Waals surface area contributed by atoms with Gasteiger partial charge in [-0.1, -0.05) is 0 Å². The van der Waals surface area contributed by atoms with Gasteiger partial charge in [-0.05, 0) is 30.4 Å². The number of methoxy groups -OCH3 is 1. The molecule has 4 rings (SSSR count).